The first-order chi connectivity index (χ1) is 17.4. The molecule has 1 amide bonds. The molecule has 4 rings (SSSR count). The third-order valence-electron chi connectivity index (χ3n) is 7.75. The van der Waals surface area contributed by atoms with Crippen LogP contribution in [-0.2, 0) is 22.5 Å². The Hall–Kier alpha value is -2.76. The summed E-state index contributed by atoms with van der Waals surface area (Å²) in [7, 11) is 3.87. The van der Waals surface area contributed by atoms with Crippen molar-refractivity contribution in [3.8, 4) is 17.2 Å². The lowest BCUT2D eigenvalue weighted by Crippen LogP contribution is -2.58. The van der Waals surface area contributed by atoms with Crippen LogP contribution in [0.25, 0.3) is 11.1 Å². The van der Waals surface area contributed by atoms with E-state index in [4.69, 9.17) is 10.5 Å². The maximum atomic E-state index is 12.8. The van der Waals surface area contributed by atoms with E-state index in [2.05, 4.69) is 64.6 Å². The number of amides is 1. The molecule has 1 heterocycles. The van der Waals surface area contributed by atoms with Crippen molar-refractivity contribution in [3.05, 3.63) is 59.7 Å². The van der Waals surface area contributed by atoms with Crippen LogP contribution < -0.4 is 11.1 Å². The van der Waals surface area contributed by atoms with Crippen LogP contribution in [0.5, 0.6) is 0 Å². The van der Waals surface area contributed by atoms with E-state index in [-0.39, 0.29) is 12.0 Å². The predicted molar refractivity (Wildman–Crippen MR) is 142 cm³/mol. The van der Waals surface area contributed by atoms with Crippen LogP contribution in [-0.4, -0.2) is 73.7 Å². The zero-order valence-corrected chi connectivity index (χ0v) is 21.6. The van der Waals surface area contributed by atoms with Crippen LogP contribution >= 0.6 is 0 Å². The first-order valence-electron chi connectivity index (χ1n) is 13.0. The summed E-state index contributed by atoms with van der Waals surface area (Å²) in [4.78, 5) is 17.7. The highest BCUT2D eigenvalue weighted by Crippen LogP contribution is 2.28. The van der Waals surface area contributed by atoms with Gasteiger partial charge in [0.2, 0.25) is 5.91 Å². The van der Waals surface area contributed by atoms with E-state index in [0.29, 0.717) is 19.3 Å². The van der Waals surface area contributed by atoms with Crippen LogP contribution in [0.4, 0.5) is 0 Å². The minimum atomic E-state index is -0.926. The van der Waals surface area contributed by atoms with E-state index < -0.39 is 11.6 Å². The van der Waals surface area contributed by atoms with Crippen molar-refractivity contribution in [2.75, 3.05) is 40.3 Å². The number of nitrogens with one attached hydrogen (secondary N) is 1. The Morgan fingerprint density at radius 3 is 2.14 bits per heavy atom. The molecule has 0 radical (unpaired) electrons. The molecule has 1 atom stereocenters. The molecule has 36 heavy (non-hydrogen) atoms. The van der Waals surface area contributed by atoms with Gasteiger partial charge in [0, 0.05) is 46.3 Å². The van der Waals surface area contributed by atoms with Gasteiger partial charge in [0.1, 0.15) is 6.04 Å². The van der Waals surface area contributed by atoms with Gasteiger partial charge in [0.05, 0.1) is 17.7 Å². The number of piperazine rings is 1. The highest BCUT2D eigenvalue weighted by atomic mass is 16.5. The van der Waals surface area contributed by atoms with Gasteiger partial charge in [0.15, 0.2) is 0 Å². The predicted octanol–water partition coefficient (Wildman–Crippen LogP) is 2.94. The second-order valence-corrected chi connectivity index (χ2v) is 10.4. The summed E-state index contributed by atoms with van der Waals surface area (Å²) in [6.07, 6.45) is 3.26. The number of likely N-dealkylation sites (N-methyl/N-ethyl adjacent to an activating group) is 1. The number of carbonyl (C=O) groups is 1. The number of hydrogen-bond donors (Lipinski definition) is 2. The summed E-state index contributed by atoms with van der Waals surface area (Å²) in [6.45, 7) is 5.48. The van der Waals surface area contributed by atoms with E-state index in [0.717, 1.165) is 56.7 Å². The number of hydrogen-bond acceptors (Lipinski definition) is 6. The Morgan fingerprint density at radius 2 is 1.61 bits per heavy atom. The van der Waals surface area contributed by atoms with E-state index in [1.807, 2.05) is 12.1 Å². The minimum absolute atomic E-state index is 0.160. The molecule has 3 N–H and O–H groups in total. The van der Waals surface area contributed by atoms with Gasteiger partial charge in [-0.3, -0.25) is 9.69 Å². The average Bonchev–Trinajstić information content (AvgIpc) is 2.91. The van der Waals surface area contributed by atoms with Gasteiger partial charge in [-0.05, 0) is 55.0 Å². The molecule has 1 aliphatic heterocycles. The maximum absolute atomic E-state index is 12.8. The van der Waals surface area contributed by atoms with Crippen molar-refractivity contribution in [2.24, 2.45) is 5.73 Å². The van der Waals surface area contributed by atoms with Crippen molar-refractivity contribution in [3.63, 3.8) is 0 Å². The van der Waals surface area contributed by atoms with E-state index in [1.54, 1.807) is 7.11 Å². The van der Waals surface area contributed by atoms with Gasteiger partial charge in [-0.25, -0.2) is 0 Å². The molecule has 1 saturated carbocycles. The smallest absolute Gasteiger partial charge is 0.241 e. The molecule has 7 heteroatoms. The monoisotopic (exact) mass is 489 g/mol. The molecule has 2 aromatic carbocycles. The van der Waals surface area contributed by atoms with Crippen molar-refractivity contribution < 1.29 is 9.53 Å². The van der Waals surface area contributed by atoms with Crippen LogP contribution in [0.2, 0.25) is 0 Å². The number of nitrogens with zero attached hydrogens (tertiary/aromatic N) is 3. The van der Waals surface area contributed by atoms with E-state index >= 15 is 0 Å². The topological polar surface area (TPSA) is 94.6 Å². The normalized spacial score (nSPS) is 24.1. The van der Waals surface area contributed by atoms with Crippen molar-refractivity contribution >= 4 is 5.91 Å². The van der Waals surface area contributed by atoms with Gasteiger partial charge >= 0.3 is 0 Å². The lowest BCUT2D eigenvalue weighted by atomic mass is 9.80. The summed E-state index contributed by atoms with van der Waals surface area (Å²) < 4.78 is 5.38. The number of nitriles is 1. The Labute approximate surface area is 215 Å². The molecular formula is C29H39N5O2. The quantitative estimate of drug-likeness (QED) is 0.592. The standard InChI is InChI=1S/C29H39N5O2/c1-33-15-17-34(18-16-33)21-23-5-9-25(10-6-23)24-7-3-22(4-8-24)19-26(20-30)32-28(35)29(31)13-11-27(36-2)12-14-29/h3-10,26-27H,11-19,21,31H2,1-2H3,(H,32,35). The summed E-state index contributed by atoms with van der Waals surface area (Å²) in [5.41, 5.74) is 10.1. The highest BCUT2D eigenvalue weighted by Gasteiger charge is 2.39. The van der Waals surface area contributed by atoms with Crippen molar-refractivity contribution in [1.29, 1.82) is 5.26 Å². The Bertz CT molecular complexity index is 1030. The first-order valence-corrected chi connectivity index (χ1v) is 13.0. The van der Waals surface area contributed by atoms with Gasteiger partial charge in [0.25, 0.3) is 0 Å². The molecule has 0 aromatic heterocycles. The summed E-state index contributed by atoms with van der Waals surface area (Å²) in [5, 5.41) is 12.5. The van der Waals surface area contributed by atoms with E-state index in [9.17, 15) is 10.1 Å². The van der Waals surface area contributed by atoms with Crippen LogP contribution in [0.15, 0.2) is 48.5 Å². The molecule has 192 valence electrons. The lowest BCUT2D eigenvalue weighted by Gasteiger charge is -2.35. The highest BCUT2D eigenvalue weighted by molar-refractivity contribution is 5.86. The number of carbonyl (C=O) groups excluding carboxylic acids is 1. The molecule has 2 fully saturated rings. The summed E-state index contributed by atoms with van der Waals surface area (Å²) >= 11 is 0. The number of ether oxygens (including phenoxy) is 1. The fourth-order valence-corrected chi connectivity index (χ4v) is 5.14. The molecule has 2 aliphatic rings. The van der Waals surface area contributed by atoms with E-state index in [1.165, 1.54) is 11.1 Å². The Balaban J connectivity index is 1.30. The van der Waals surface area contributed by atoms with Crippen molar-refractivity contribution in [2.45, 2.75) is 56.3 Å². The third kappa shape index (κ3) is 6.71. The fraction of sp³-hybridized carbons (Fsp3) is 0.517. The molecule has 1 saturated heterocycles. The van der Waals surface area contributed by atoms with Gasteiger partial charge < -0.3 is 20.7 Å². The van der Waals surface area contributed by atoms with Crippen LogP contribution in [0, 0.1) is 11.3 Å². The lowest BCUT2D eigenvalue weighted by molar-refractivity contribution is -0.128. The fourth-order valence-electron chi connectivity index (χ4n) is 5.14. The number of methoxy groups -OCH3 is 1. The zero-order valence-electron chi connectivity index (χ0n) is 21.6. The average molecular weight is 490 g/mol. The largest absolute Gasteiger partial charge is 0.381 e. The number of nitrogens with two attached hydrogens (primary N) is 1. The SMILES string of the molecule is COC1CCC(N)(C(=O)NC(C#N)Cc2ccc(-c3ccc(CN4CCN(C)CC4)cc3)cc2)CC1. The number of rotatable bonds is 8. The maximum Gasteiger partial charge on any atom is 0.241 e. The van der Waals surface area contributed by atoms with Gasteiger partial charge in [-0.1, -0.05) is 48.5 Å². The molecule has 0 bridgehead atoms. The minimum Gasteiger partial charge on any atom is -0.381 e. The summed E-state index contributed by atoms with van der Waals surface area (Å²) in [6, 6.07) is 18.6. The third-order valence-corrected chi connectivity index (χ3v) is 7.75. The Kier molecular flexibility index (Phi) is 8.76. The Morgan fingerprint density at radius 1 is 1.06 bits per heavy atom. The first kappa shape index (κ1) is 26.3. The molecular weight excluding hydrogens is 450 g/mol. The number of benzene rings is 2. The second kappa shape index (κ2) is 12.0. The van der Waals surface area contributed by atoms with Crippen LogP contribution in [0.3, 0.4) is 0 Å². The van der Waals surface area contributed by atoms with Crippen LogP contribution in [0.1, 0.15) is 36.8 Å². The molecule has 2 aromatic rings. The molecule has 7 nitrogen and oxygen atoms in total. The molecule has 0 spiro atoms. The second-order valence-electron chi connectivity index (χ2n) is 10.4. The molecule has 1 unspecified atom stereocenters. The molecule has 1 aliphatic carbocycles. The van der Waals surface area contributed by atoms with Gasteiger partial charge in [-0.15, -0.1) is 0 Å². The van der Waals surface area contributed by atoms with Crippen molar-refractivity contribution in [1.82, 2.24) is 15.1 Å². The van der Waals surface area contributed by atoms with Gasteiger partial charge in [-0.2, -0.15) is 5.26 Å². The zero-order chi connectivity index (χ0) is 25.5. The summed E-state index contributed by atoms with van der Waals surface area (Å²) in [5.74, 6) is -0.239.